The molecular weight excluding hydrogens is 168 g/mol. The highest BCUT2D eigenvalue weighted by Gasteiger charge is 2.27. The Bertz CT molecular complexity index is 226. The van der Waals surface area contributed by atoms with Crippen molar-refractivity contribution in [3.05, 3.63) is 0 Å². The van der Waals surface area contributed by atoms with Gasteiger partial charge >= 0.3 is 0 Å². The molecule has 1 saturated heterocycles. The monoisotopic (exact) mass is 180 g/mol. The van der Waals surface area contributed by atoms with Crippen molar-refractivity contribution in [3.63, 3.8) is 0 Å². The van der Waals surface area contributed by atoms with Crippen LogP contribution in [0.15, 0.2) is 0 Å². The first-order valence-corrected chi connectivity index (χ1v) is 5.01. The number of nitrogens with one attached hydrogen (secondary N) is 1. The SMILES string of the molecule is NS(=O)(=O)C1CNC[C@@H](O)C1. The Morgan fingerprint density at radius 2 is 2.09 bits per heavy atom. The van der Waals surface area contributed by atoms with Crippen LogP contribution in [0.3, 0.4) is 0 Å². The molecule has 0 aliphatic carbocycles. The van der Waals surface area contributed by atoms with Gasteiger partial charge in [0.05, 0.1) is 11.4 Å². The fourth-order valence-electron chi connectivity index (χ4n) is 1.13. The third-order valence-corrected chi connectivity index (χ3v) is 3.04. The molecule has 0 bridgehead atoms. The summed E-state index contributed by atoms with van der Waals surface area (Å²) in [6, 6.07) is 0. The second-order valence-corrected chi connectivity index (χ2v) is 4.60. The molecule has 1 unspecified atom stereocenters. The lowest BCUT2D eigenvalue weighted by molar-refractivity contribution is 0.143. The lowest BCUT2D eigenvalue weighted by atomic mass is 10.1. The summed E-state index contributed by atoms with van der Waals surface area (Å²) in [4.78, 5) is 0. The van der Waals surface area contributed by atoms with Crippen LogP contribution in [0.25, 0.3) is 0 Å². The molecule has 1 aliphatic heterocycles. The summed E-state index contributed by atoms with van der Waals surface area (Å²) in [6.45, 7) is 0.794. The van der Waals surface area contributed by atoms with Gasteiger partial charge in [-0.25, -0.2) is 13.6 Å². The number of sulfonamides is 1. The van der Waals surface area contributed by atoms with Crippen LogP contribution >= 0.6 is 0 Å². The third-order valence-electron chi connectivity index (χ3n) is 1.75. The maximum Gasteiger partial charge on any atom is 0.213 e. The summed E-state index contributed by atoms with van der Waals surface area (Å²) < 4.78 is 21.5. The van der Waals surface area contributed by atoms with E-state index < -0.39 is 21.4 Å². The highest BCUT2D eigenvalue weighted by Crippen LogP contribution is 2.08. The molecule has 6 heteroatoms. The van der Waals surface area contributed by atoms with Crippen LogP contribution in [0.5, 0.6) is 0 Å². The van der Waals surface area contributed by atoms with Crippen molar-refractivity contribution in [1.82, 2.24) is 5.32 Å². The van der Waals surface area contributed by atoms with E-state index in [-0.39, 0.29) is 6.42 Å². The van der Waals surface area contributed by atoms with Gasteiger partial charge in [0.1, 0.15) is 0 Å². The summed E-state index contributed by atoms with van der Waals surface area (Å²) in [6.07, 6.45) is -0.349. The first-order valence-electron chi connectivity index (χ1n) is 3.40. The molecule has 0 amide bonds. The second-order valence-electron chi connectivity index (χ2n) is 2.76. The molecule has 2 atom stereocenters. The fourth-order valence-corrected chi connectivity index (χ4v) is 1.97. The number of aliphatic hydroxyl groups is 1. The third kappa shape index (κ3) is 2.41. The maximum atomic E-state index is 10.8. The minimum Gasteiger partial charge on any atom is -0.392 e. The van der Waals surface area contributed by atoms with Crippen LogP contribution in [-0.2, 0) is 10.0 Å². The van der Waals surface area contributed by atoms with Crippen LogP contribution in [0, 0.1) is 0 Å². The number of rotatable bonds is 1. The molecule has 5 nitrogen and oxygen atoms in total. The quantitative estimate of drug-likeness (QED) is 0.435. The largest absolute Gasteiger partial charge is 0.392 e. The second kappa shape index (κ2) is 3.06. The molecule has 11 heavy (non-hydrogen) atoms. The lowest BCUT2D eigenvalue weighted by Gasteiger charge is -2.24. The van der Waals surface area contributed by atoms with Gasteiger partial charge in [-0.05, 0) is 6.42 Å². The van der Waals surface area contributed by atoms with Gasteiger partial charge in [0.25, 0.3) is 0 Å². The van der Waals surface area contributed by atoms with Crippen molar-refractivity contribution >= 4 is 10.0 Å². The summed E-state index contributed by atoms with van der Waals surface area (Å²) in [7, 11) is -3.48. The number of β-amino-alcohol motifs (C(OH)–C–C–N with tert-alkyl or cyclic N) is 1. The Balaban J connectivity index is 2.60. The Kier molecular flexibility index (Phi) is 2.48. The van der Waals surface area contributed by atoms with Crippen LogP contribution in [0.1, 0.15) is 6.42 Å². The highest BCUT2D eigenvalue weighted by atomic mass is 32.2. The molecule has 0 aromatic carbocycles. The average molecular weight is 180 g/mol. The van der Waals surface area contributed by atoms with E-state index in [0.29, 0.717) is 13.1 Å². The average Bonchev–Trinajstić information content (AvgIpc) is 1.86. The first kappa shape index (κ1) is 8.92. The van der Waals surface area contributed by atoms with E-state index in [9.17, 15) is 8.42 Å². The Hall–Kier alpha value is -0.170. The molecule has 1 heterocycles. The summed E-state index contributed by atoms with van der Waals surface area (Å²) in [5.74, 6) is 0. The van der Waals surface area contributed by atoms with Crippen LogP contribution < -0.4 is 10.5 Å². The van der Waals surface area contributed by atoms with Crippen molar-refractivity contribution in [2.75, 3.05) is 13.1 Å². The van der Waals surface area contributed by atoms with E-state index in [1.54, 1.807) is 0 Å². The molecule has 0 saturated carbocycles. The van der Waals surface area contributed by atoms with E-state index in [0.717, 1.165) is 0 Å². The number of piperidine rings is 1. The molecule has 1 aliphatic rings. The molecule has 66 valence electrons. The van der Waals surface area contributed by atoms with Gasteiger partial charge in [-0.15, -0.1) is 0 Å². The fraction of sp³-hybridized carbons (Fsp3) is 1.00. The van der Waals surface area contributed by atoms with Crippen molar-refractivity contribution in [1.29, 1.82) is 0 Å². The van der Waals surface area contributed by atoms with Gasteiger partial charge in [0, 0.05) is 13.1 Å². The van der Waals surface area contributed by atoms with E-state index in [4.69, 9.17) is 10.2 Å². The molecule has 0 spiro atoms. The zero-order valence-corrected chi connectivity index (χ0v) is 6.84. The maximum absolute atomic E-state index is 10.8. The van der Waals surface area contributed by atoms with E-state index >= 15 is 0 Å². The van der Waals surface area contributed by atoms with E-state index in [2.05, 4.69) is 5.32 Å². The predicted octanol–water partition coefficient (Wildman–Crippen LogP) is -2.00. The van der Waals surface area contributed by atoms with E-state index in [1.807, 2.05) is 0 Å². The van der Waals surface area contributed by atoms with Gasteiger partial charge in [-0.1, -0.05) is 0 Å². The smallest absolute Gasteiger partial charge is 0.213 e. The highest BCUT2D eigenvalue weighted by molar-refractivity contribution is 7.89. The van der Waals surface area contributed by atoms with Gasteiger partial charge in [0.15, 0.2) is 0 Å². The molecule has 0 aromatic rings. The first-order chi connectivity index (χ1) is 5.00. The normalized spacial score (nSPS) is 33.6. The minimum atomic E-state index is -3.48. The van der Waals surface area contributed by atoms with Crippen molar-refractivity contribution < 1.29 is 13.5 Å². The number of aliphatic hydroxyl groups excluding tert-OH is 1. The van der Waals surface area contributed by atoms with Crippen molar-refractivity contribution in [3.8, 4) is 0 Å². The summed E-state index contributed by atoms with van der Waals surface area (Å²) >= 11 is 0. The van der Waals surface area contributed by atoms with Crippen molar-refractivity contribution in [2.24, 2.45) is 5.14 Å². The zero-order valence-electron chi connectivity index (χ0n) is 6.03. The molecule has 1 fully saturated rings. The number of nitrogens with two attached hydrogens (primary N) is 1. The van der Waals surface area contributed by atoms with Gasteiger partial charge < -0.3 is 10.4 Å². The molecule has 0 aromatic heterocycles. The Labute approximate surface area is 65.6 Å². The van der Waals surface area contributed by atoms with E-state index in [1.165, 1.54) is 0 Å². The molecule has 1 rings (SSSR count). The summed E-state index contributed by atoms with van der Waals surface area (Å²) in [5.41, 5.74) is 0. The molecular formula is C5H12N2O3S. The Morgan fingerprint density at radius 1 is 1.45 bits per heavy atom. The van der Waals surface area contributed by atoms with Crippen LogP contribution in [-0.4, -0.2) is 38.0 Å². The van der Waals surface area contributed by atoms with Crippen LogP contribution in [0.4, 0.5) is 0 Å². The minimum absolute atomic E-state index is 0.242. The number of primary sulfonamides is 1. The lowest BCUT2D eigenvalue weighted by Crippen LogP contribution is -2.47. The Morgan fingerprint density at radius 3 is 2.45 bits per heavy atom. The zero-order chi connectivity index (χ0) is 8.48. The van der Waals surface area contributed by atoms with Crippen molar-refractivity contribution in [2.45, 2.75) is 17.8 Å². The summed E-state index contributed by atoms with van der Waals surface area (Å²) in [5, 5.41) is 16.1. The van der Waals surface area contributed by atoms with Gasteiger partial charge in [-0.3, -0.25) is 0 Å². The molecule has 0 radical (unpaired) electrons. The van der Waals surface area contributed by atoms with Gasteiger partial charge in [-0.2, -0.15) is 0 Å². The standard InChI is InChI=1S/C5H12N2O3S/c6-11(9,10)5-1-4(8)2-7-3-5/h4-5,7-8H,1-3H2,(H2,6,9,10)/t4-,5?/m0/s1. The predicted molar refractivity (Wildman–Crippen MR) is 40.4 cm³/mol. The number of hydrogen-bond acceptors (Lipinski definition) is 4. The van der Waals surface area contributed by atoms with Crippen LogP contribution in [0.2, 0.25) is 0 Å². The number of hydrogen-bond donors (Lipinski definition) is 3. The van der Waals surface area contributed by atoms with Gasteiger partial charge in [0.2, 0.25) is 10.0 Å². The molecule has 4 N–H and O–H groups in total. The topological polar surface area (TPSA) is 92.4 Å².